The summed E-state index contributed by atoms with van der Waals surface area (Å²) < 4.78 is 4.32. The smallest absolute Gasteiger partial charge is 0.149 e. The lowest BCUT2D eigenvalue weighted by atomic mass is 9.94. The van der Waals surface area contributed by atoms with Crippen molar-refractivity contribution in [3.05, 3.63) is 11.1 Å². The Bertz CT molecular complexity index is 621. The Kier molecular flexibility index (Phi) is 4.14. The van der Waals surface area contributed by atoms with Crippen molar-refractivity contribution in [3.8, 4) is 10.6 Å². The zero-order valence-electron chi connectivity index (χ0n) is 12.6. The monoisotopic (exact) mass is 323 g/mol. The Morgan fingerprint density at radius 1 is 1.48 bits per heavy atom. The molecule has 0 aromatic carbocycles. The molecule has 3 N–H and O–H groups in total. The van der Waals surface area contributed by atoms with Crippen LogP contribution in [0.25, 0.3) is 10.6 Å². The van der Waals surface area contributed by atoms with Gasteiger partial charge in [0.2, 0.25) is 0 Å². The highest BCUT2D eigenvalue weighted by Crippen LogP contribution is 2.39. The number of nitrogens with zero attached hydrogens (tertiary/aromatic N) is 3. The average molecular weight is 323 g/mol. The number of hydrogen-bond donors (Lipinski definition) is 2. The van der Waals surface area contributed by atoms with E-state index in [2.05, 4.69) is 38.9 Å². The second-order valence-corrected chi connectivity index (χ2v) is 7.48. The number of rotatable bonds is 3. The van der Waals surface area contributed by atoms with Crippen molar-refractivity contribution >= 4 is 33.7 Å². The number of anilines is 2. The molecule has 0 amide bonds. The predicted molar refractivity (Wildman–Crippen MR) is 91.1 cm³/mol. The quantitative estimate of drug-likeness (QED) is 0.909. The summed E-state index contributed by atoms with van der Waals surface area (Å²) >= 11 is 3.07. The van der Waals surface area contributed by atoms with Gasteiger partial charge < -0.3 is 16.0 Å². The molecule has 0 radical (unpaired) electrons. The van der Waals surface area contributed by atoms with Crippen molar-refractivity contribution in [1.82, 2.24) is 14.3 Å². The van der Waals surface area contributed by atoms with Crippen LogP contribution in [-0.2, 0) is 0 Å². The number of piperidine rings is 1. The number of nitrogen functional groups attached to an aromatic ring is 1. The van der Waals surface area contributed by atoms with E-state index < -0.39 is 0 Å². The number of nitrogens with two attached hydrogens (primary N) is 1. The number of nitrogens with one attached hydrogen (secondary N) is 1. The zero-order chi connectivity index (χ0) is 15.0. The molecular formula is C14H21N5S2. The molecule has 2 aromatic heterocycles. The predicted octanol–water partition coefficient (Wildman–Crippen LogP) is 2.91. The topological polar surface area (TPSA) is 67.1 Å². The van der Waals surface area contributed by atoms with Crippen LogP contribution in [-0.4, -0.2) is 40.4 Å². The lowest BCUT2D eigenvalue weighted by Crippen LogP contribution is -2.43. The van der Waals surface area contributed by atoms with Crippen LogP contribution >= 0.6 is 22.9 Å². The lowest BCUT2D eigenvalue weighted by Gasteiger charge is -2.35. The van der Waals surface area contributed by atoms with Crippen LogP contribution in [0.1, 0.15) is 19.0 Å². The summed E-state index contributed by atoms with van der Waals surface area (Å²) in [4.78, 5) is 6.94. The molecule has 3 heterocycles. The van der Waals surface area contributed by atoms with Gasteiger partial charge >= 0.3 is 0 Å². The van der Waals surface area contributed by atoms with Gasteiger partial charge in [0, 0.05) is 23.7 Å². The van der Waals surface area contributed by atoms with Gasteiger partial charge in [-0.3, -0.25) is 0 Å². The minimum atomic E-state index is 0.473. The van der Waals surface area contributed by atoms with Gasteiger partial charge in [-0.2, -0.15) is 4.37 Å². The minimum absolute atomic E-state index is 0.473. The molecule has 1 fully saturated rings. The molecule has 114 valence electrons. The number of aryl methyl sites for hydroxylation is 1. The number of thiazole rings is 1. The molecule has 0 spiro atoms. The second-order valence-electron chi connectivity index (χ2n) is 5.85. The molecule has 1 aliphatic heterocycles. The van der Waals surface area contributed by atoms with Crippen LogP contribution in [0.4, 0.5) is 10.8 Å². The van der Waals surface area contributed by atoms with Crippen molar-refractivity contribution in [1.29, 1.82) is 0 Å². The summed E-state index contributed by atoms with van der Waals surface area (Å²) in [5.41, 5.74) is 8.07. The van der Waals surface area contributed by atoms with Crippen LogP contribution in [0.3, 0.4) is 0 Å². The molecule has 1 aliphatic rings. The zero-order valence-corrected chi connectivity index (χ0v) is 14.2. The van der Waals surface area contributed by atoms with E-state index in [9.17, 15) is 0 Å². The minimum Gasteiger partial charge on any atom is -0.382 e. The Hall–Kier alpha value is -1.18. The first-order valence-electron chi connectivity index (χ1n) is 7.17. The van der Waals surface area contributed by atoms with Gasteiger partial charge in [-0.25, -0.2) is 4.98 Å². The van der Waals surface area contributed by atoms with E-state index in [1.165, 1.54) is 11.5 Å². The van der Waals surface area contributed by atoms with Crippen molar-refractivity contribution in [2.75, 3.05) is 31.2 Å². The van der Waals surface area contributed by atoms with Crippen molar-refractivity contribution in [2.45, 2.75) is 26.3 Å². The van der Waals surface area contributed by atoms with Crippen LogP contribution in [0.2, 0.25) is 0 Å². The SMILES string of the molecule is Cc1csc(-c2c(N)nsc2NC2CCN(C)CC2C)n1. The Labute approximate surface area is 133 Å². The highest BCUT2D eigenvalue weighted by Gasteiger charge is 2.26. The van der Waals surface area contributed by atoms with Crippen molar-refractivity contribution < 1.29 is 0 Å². The molecule has 2 atom stereocenters. The molecule has 2 aromatic rings. The average Bonchev–Trinajstić information content (AvgIpc) is 2.99. The van der Waals surface area contributed by atoms with Gasteiger partial charge in [-0.05, 0) is 44.4 Å². The maximum absolute atomic E-state index is 6.06. The normalized spacial score (nSPS) is 23.4. The molecule has 0 bridgehead atoms. The fourth-order valence-electron chi connectivity index (χ4n) is 2.81. The molecule has 2 unspecified atom stereocenters. The van der Waals surface area contributed by atoms with Gasteiger partial charge in [0.15, 0.2) is 0 Å². The molecule has 5 nitrogen and oxygen atoms in total. The fraction of sp³-hybridized carbons (Fsp3) is 0.571. The molecule has 1 saturated heterocycles. The van der Waals surface area contributed by atoms with E-state index in [0.717, 1.165) is 40.8 Å². The Balaban J connectivity index is 1.83. The highest BCUT2D eigenvalue weighted by molar-refractivity contribution is 7.15. The van der Waals surface area contributed by atoms with Gasteiger partial charge in [0.25, 0.3) is 0 Å². The summed E-state index contributed by atoms with van der Waals surface area (Å²) in [6.07, 6.45) is 1.14. The fourth-order valence-corrected chi connectivity index (χ4v) is 4.51. The third kappa shape index (κ3) is 3.04. The maximum atomic E-state index is 6.06. The first-order valence-corrected chi connectivity index (χ1v) is 8.82. The van der Waals surface area contributed by atoms with Crippen LogP contribution in [0, 0.1) is 12.8 Å². The van der Waals surface area contributed by atoms with E-state index in [4.69, 9.17) is 5.73 Å². The van der Waals surface area contributed by atoms with E-state index in [0.29, 0.717) is 17.8 Å². The number of likely N-dealkylation sites (tertiary alicyclic amines) is 1. The van der Waals surface area contributed by atoms with Crippen LogP contribution < -0.4 is 11.1 Å². The van der Waals surface area contributed by atoms with Gasteiger partial charge in [-0.15, -0.1) is 11.3 Å². The summed E-state index contributed by atoms with van der Waals surface area (Å²) in [6.45, 7) is 6.55. The summed E-state index contributed by atoms with van der Waals surface area (Å²) in [5.74, 6) is 1.19. The van der Waals surface area contributed by atoms with Gasteiger partial charge in [0.05, 0.1) is 5.56 Å². The third-order valence-electron chi connectivity index (χ3n) is 3.98. The lowest BCUT2D eigenvalue weighted by molar-refractivity contribution is 0.206. The Morgan fingerprint density at radius 3 is 2.95 bits per heavy atom. The summed E-state index contributed by atoms with van der Waals surface area (Å²) in [7, 11) is 2.18. The number of hydrogen-bond acceptors (Lipinski definition) is 7. The maximum Gasteiger partial charge on any atom is 0.149 e. The summed E-state index contributed by atoms with van der Waals surface area (Å²) in [5, 5.41) is 7.73. The molecule has 3 rings (SSSR count). The van der Waals surface area contributed by atoms with Gasteiger partial charge in [-0.1, -0.05) is 6.92 Å². The Morgan fingerprint density at radius 2 is 2.29 bits per heavy atom. The largest absolute Gasteiger partial charge is 0.382 e. The molecule has 0 saturated carbocycles. The van der Waals surface area contributed by atoms with Gasteiger partial charge in [0.1, 0.15) is 15.8 Å². The molecule has 7 heteroatoms. The molecular weight excluding hydrogens is 302 g/mol. The van der Waals surface area contributed by atoms with E-state index >= 15 is 0 Å². The first kappa shape index (κ1) is 14.7. The first-order chi connectivity index (χ1) is 10.0. The molecule has 0 aliphatic carbocycles. The van der Waals surface area contributed by atoms with Crippen LogP contribution in [0.15, 0.2) is 5.38 Å². The van der Waals surface area contributed by atoms with E-state index in [-0.39, 0.29) is 0 Å². The van der Waals surface area contributed by atoms with Crippen molar-refractivity contribution in [2.24, 2.45) is 5.92 Å². The summed E-state index contributed by atoms with van der Waals surface area (Å²) in [6, 6.07) is 0.473. The van der Waals surface area contributed by atoms with Crippen LogP contribution in [0.5, 0.6) is 0 Å². The highest BCUT2D eigenvalue weighted by atomic mass is 32.1. The van der Waals surface area contributed by atoms with Crippen molar-refractivity contribution in [3.63, 3.8) is 0 Å². The van der Waals surface area contributed by atoms with E-state index in [1.807, 2.05) is 6.92 Å². The number of aromatic nitrogens is 2. The van der Waals surface area contributed by atoms with E-state index in [1.54, 1.807) is 11.3 Å². The standard InChI is InChI=1S/C14H21N5S2/c1-8-6-19(3)5-4-10(8)17-14-11(12(15)18-21-14)13-16-9(2)7-20-13/h7-8,10,17H,4-6H2,1-3H3,(H2,15,18). The second kappa shape index (κ2) is 5.90. The molecule has 21 heavy (non-hydrogen) atoms. The third-order valence-corrected chi connectivity index (χ3v) is 5.75.